The first-order chi connectivity index (χ1) is 14.5. The second-order valence-electron chi connectivity index (χ2n) is 6.69. The van der Waals surface area contributed by atoms with Crippen molar-refractivity contribution in [2.45, 2.75) is 25.4 Å². The number of pyridine rings is 1. The van der Waals surface area contributed by atoms with E-state index in [1.54, 1.807) is 14.0 Å². The molecule has 0 saturated heterocycles. The Bertz CT molecular complexity index is 1140. The van der Waals surface area contributed by atoms with Gasteiger partial charge in [-0.05, 0) is 6.07 Å². The van der Waals surface area contributed by atoms with Crippen LogP contribution in [0.2, 0.25) is 5.02 Å². The van der Waals surface area contributed by atoms with Crippen LogP contribution in [0.3, 0.4) is 0 Å². The third-order valence-electron chi connectivity index (χ3n) is 4.21. The topological polar surface area (TPSA) is 116 Å². The molecule has 0 saturated carbocycles. The predicted octanol–water partition coefficient (Wildman–Crippen LogP) is 4.15. The molecule has 0 spiro atoms. The summed E-state index contributed by atoms with van der Waals surface area (Å²) in [5, 5.41) is 2.24. The Morgan fingerprint density at radius 1 is 1.32 bits per heavy atom. The molecule has 3 rings (SSSR count). The number of nitrogens with two attached hydrogens (primary N) is 1. The van der Waals surface area contributed by atoms with Gasteiger partial charge < -0.3 is 15.6 Å². The SMILES string of the molecule is C[C@@H](CC(=O)c1nc(N)cn1C)c1ncc(C(=O)Nc2cc(C(F)(F)F)c(Cl)cn2)s1. The zero-order valence-corrected chi connectivity index (χ0v) is 17.8. The standard InChI is InChI=1S/C18H16ClF3N6O2S/c1-8(3-11(29)15-26-13(23)7-28(15)2)17-25-6-12(31-17)16(30)27-14-4-9(18(20,21)22)10(19)5-24-14/h4-8H,3,23H2,1-2H3,(H,24,27,30)/t8-/m0/s1. The molecule has 13 heteroatoms. The number of carbonyl (C=O) groups excluding carboxylic acids is 2. The molecule has 164 valence electrons. The van der Waals surface area contributed by atoms with Gasteiger partial charge in [0.25, 0.3) is 5.91 Å². The van der Waals surface area contributed by atoms with E-state index in [0.29, 0.717) is 11.1 Å². The number of aryl methyl sites for hydroxylation is 1. The summed E-state index contributed by atoms with van der Waals surface area (Å²) in [7, 11) is 1.65. The normalized spacial score (nSPS) is 12.6. The van der Waals surface area contributed by atoms with E-state index in [4.69, 9.17) is 17.3 Å². The number of aromatic nitrogens is 4. The van der Waals surface area contributed by atoms with Gasteiger partial charge in [0.2, 0.25) is 0 Å². The molecule has 1 atom stereocenters. The van der Waals surface area contributed by atoms with Gasteiger partial charge in [0.05, 0.1) is 21.8 Å². The van der Waals surface area contributed by atoms with Gasteiger partial charge in [-0.1, -0.05) is 18.5 Å². The van der Waals surface area contributed by atoms with Gasteiger partial charge in [-0.15, -0.1) is 11.3 Å². The number of carbonyl (C=O) groups is 2. The fourth-order valence-electron chi connectivity index (χ4n) is 2.73. The van der Waals surface area contributed by atoms with Crippen molar-refractivity contribution < 1.29 is 22.8 Å². The number of nitrogens with one attached hydrogen (secondary N) is 1. The lowest BCUT2D eigenvalue weighted by Gasteiger charge is -2.10. The number of amides is 1. The molecular weight excluding hydrogens is 457 g/mol. The van der Waals surface area contributed by atoms with Crippen LogP contribution in [0, 0.1) is 0 Å². The molecule has 1 amide bonds. The molecular formula is C18H16ClF3N6O2S. The van der Waals surface area contributed by atoms with Gasteiger partial charge in [-0.2, -0.15) is 13.2 Å². The first-order valence-electron chi connectivity index (χ1n) is 8.77. The second kappa shape index (κ2) is 8.63. The van der Waals surface area contributed by atoms with Crippen molar-refractivity contribution in [2.75, 3.05) is 11.1 Å². The van der Waals surface area contributed by atoms with Gasteiger partial charge >= 0.3 is 6.18 Å². The summed E-state index contributed by atoms with van der Waals surface area (Å²) >= 11 is 6.55. The van der Waals surface area contributed by atoms with E-state index in [1.165, 1.54) is 17.0 Å². The van der Waals surface area contributed by atoms with Crippen molar-refractivity contribution in [2.24, 2.45) is 7.05 Å². The molecule has 3 heterocycles. The molecule has 31 heavy (non-hydrogen) atoms. The second-order valence-corrected chi connectivity index (χ2v) is 8.16. The Morgan fingerprint density at radius 2 is 2.03 bits per heavy atom. The largest absolute Gasteiger partial charge is 0.418 e. The highest BCUT2D eigenvalue weighted by Crippen LogP contribution is 2.35. The molecule has 0 aliphatic heterocycles. The Labute approximate surface area is 183 Å². The van der Waals surface area contributed by atoms with E-state index in [-0.39, 0.29) is 40.5 Å². The number of hydrogen-bond donors (Lipinski definition) is 2. The Morgan fingerprint density at radius 3 is 2.65 bits per heavy atom. The maximum atomic E-state index is 13.0. The Hall–Kier alpha value is -2.99. The van der Waals surface area contributed by atoms with Crippen molar-refractivity contribution in [3.8, 4) is 0 Å². The van der Waals surface area contributed by atoms with E-state index in [1.807, 2.05) is 0 Å². The number of halogens is 4. The van der Waals surface area contributed by atoms with Crippen LogP contribution in [0.4, 0.5) is 24.8 Å². The van der Waals surface area contributed by atoms with Crippen LogP contribution in [0.1, 0.15) is 50.1 Å². The minimum absolute atomic E-state index is 0.0898. The average Bonchev–Trinajstić information content (AvgIpc) is 3.29. The van der Waals surface area contributed by atoms with Crippen molar-refractivity contribution in [1.29, 1.82) is 0 Å². The van der Waals surface area contributed by atoms with Gasteiger partial charge in [-0.25, -0.2) is 15.0 Å². The third-order valence-corrected chi connectivity index (χ3v) is 5.74. The molecule has 8 nitrogen and oxygen atoms in total. The first-order valence-corrected chi connectivity index (χ1v) is 9.97. The molecule has 0 bridgehead atoms. The van der Waals surface area contributed by atoms with E-state index in [0.717, 1.165) is 17.5 Å². The van der Waals surface area contributed by atoms with Gasteiger partial charge in [-0.3, -0.25) is 9.59 Å². The van der Waals surface area contributed by atoms with Crippen molar-refractivity contribution in [1.82, 2.24) is 19.5 Å². The molecule has 3 aromatic rings. The quantitative estimate of drug-likeness (QED) is 0.520. The molecule has 0 fully saturated rings. The molecule has 0 unspecified atom stereocenters. The van der Waals surface area contributed by atoms with Crippen LogP contribution in [-0.2, 0) is 13.2 Å². The third kappa shape index (κ3) is 5.20. The monoisotopic (exact) mass is 472 g/mol. The number of thiazole rings is 1. The molecule has 3 N–H and O–H groups in total. The molecule has 0 aliphatic carbocycles. The summed E-state index contributed by atoms with van der Waals surface area (Å²) in [6.45, 7) is 1.76. The highest BCUT2D eigenvalue weighted by atomic mass is 35.5. The summed E-state index contributed by atoms with van der Waals surface area (Å²) in [5.41, 5.74) is 4.48. The van der Waals surface area contributed by atoms with Crippen LogP contribution >= 0.6 is 22.9 Å². The summed E-state index contributed by atoms with van der Waals surface area (Å²) in [5.74, 6) is -1.08. The number of alkyl halides is 3. The summed E-state index contributed by atoms with van der Waals surface area (Å²) in [6.07, 6.45) is -0.964. The number of nitrogens with zero attached hydrogens (tertiary/aromatic N) is 4. The molecule has 3 aromatic heterocycles. The van der Waals surface area contributed by atoms with Crippen molar-refractivity contribution in [3.05, 3.63) is 51.0 Å². The zero-order valence-electron chi connectivity index (χ0n) is 16.2. The zero-order chi connectivity index (χ0) is 22.9. The Kier molecular flexibility index (Phi) is 6.32. The number of nitrogen functional groups attached to an aromatic ring is 1. The summed E-state index contributed by atoms with van der Waals surface area (Å²) < 4.78 is 40.4. The van der Waals surface area contributed by atoms with Gasteiger partial charge in [0, 0.05) is 31.8 Å². The highest BCUT2D eigenvalue weighted by molar-refractivity contribution is 7.13. The maximum absolute atomic E-state index is 13.0. The molecule has 0 aromatic carbocycles. The number of rotatable bonds is 6. The minimum Gasteiger partial charge on any atom is -0.382 e. The molecule has 0 aliphatic rings. The van der Waals surface area contributed by atoms with Crippen molar-refractivity contribution >= 4 is 46.3 Å². The first kappa shape index (κ1) is 22.7. The Balaban J connectivity index is 1.69. The lowest BCUT2D eigenvalue weighted by atomic mass is 10.1. The average molecular weight is 473 g/mol. The van der Waals surface area contributed by atoms with Crippen LogP contribution < -0.4 is 11.1 Å². The number of hydrogen-bond acceptors (Lipinski definition) is 7. The smallest absolute Gasteiger partial charge is 0.382 e. The molecule has 0 radical (unpaired) electrons. The van der Waals surface area contributed by atoms with E-state index in [9.17, 15) is 22.8 Å². The van der Waals surface area contributed by atoms with E-state index >= 15 is 0 Å². The fraction of sp³-hybridized carbons (Fsp3) is 0.278. The lowest BCUT2D eigenvalue weighted by molar-refractivity contribution is -0.137. The minimum atomic E-state index is -4.68. The van der Waals surface area contributed by atoms with E-state index in [2.05, 4.69) is 20.3 Å². The fourth-order valence-corrected chi connectivity index (χ4v) is 3.80. The highest BCUT2D eigenvalue weighted by Gasteiger charge is 2.34. The number of anilines is 2. The van der Waals surface area contributed by atoms with Crippen LogP contribution in [0.25, 0.3) is 0 Å². The summed E-state index contributed by atoms with van der Waals surface area (Å²) in [6, 6.07) is 0.655. The van der Waals surface area contributed by atoms with Crippen LogP contribution in [0.5, 0.6) is 0 Å². The lowest BCUT2D eigenvalue weighted by Crippen LogP contribution is -2.13. The number of ketones is 1. The van der Waals surface area contributed by atoms with Crippen LogP contribution in [0.15, 0.2) is 24.7 Å². The van der Waals surface area contributed by atoms with E-state index < -0.39 is 22.7 Å². The summed E-state index contributed by atoms with van der Waals surface area (Å²) in [4.78, 5) is 36.8. The van der Waals surface area contributed by atoms with Gasteiger partial charge in [0.1, 0.15) is 16.5 Å². The van der Waals surface area contributed by atoms with Crippen LogP contribution in [-0.4, -0.2) is 31.2 Å². The predicted molar refractivity (Wildman–Crippen MR) is 109 cm³/mol. The number of imidazole rings is 1. The maximum Gasteiger partial charge on any atom is 0.418 e. The number of Topliss-reactive ketones (excluding diaryl/α,β-unsaturated/α-hetero) is 1. The van der Waals surface area contributed by atoms with Crippen molar-refractivity contribution in [3.63, 3.8) is 0 Å². The van der Waals surface area contributed by atoms with Gasteiger partial charge in [0.15, 0.2) is 11.6 Å².